The largest absolute Gasteiger partial charge is 0.456 e. The van der Waals surface area contributed by atoms with Crippen molar-refractivity contribution >= 4 is 5.97 Å². The van der Waals surface area contributed by atoms with E-state index in [1.807, 2.05) is 0 Å². The Bertz CT molecular complexity index is 438. The summed E-state index contributed by atoms with van der Waals surface area (Å²) in [6.07, 6.45) is -3.42. The summed E-state index contributed by atoms with van der Waals surface area (Å²) in [5, 5.41) is 0. The number of rotatable bonds is 4. The molecule has 0 bridgehead atoms. The van der Waals surface area contributed by atoms with E-state index < -0.39 is 24.2 Å². The SMILES string of the molecule is CC(C)(C)OC(=O)c1ccc(OC(F)(F)CN)cc1. The van der Waals surface area contributed by atoms with E-state index in [1.165, 1.54) is 24.3 Å². The molecule has 0 spiro atoms. The van der Waals surface area contributed by atoms with Crippen molar-refractivity contribution in [3.63, 3.8) is 0 Å². The number of esters is 1. The molecule has 19 heavy (non-hydrogen) atoms. The molecule has 1 aromatic rings. The average Bonchev–Trinajstić information content (AvgIpc) is 2.27. The molecule has 6 heteroatoms. The zero-order valence-electron chi connectivity index (χ0n) is 11.1. The van der Waals surface area contributed by atoms with Crippen LogP contribution in [0.2, 0.25) is 0 Å². The van der Waals surface area contributed by atoms with Gasteiger partial charge in [0.05, 0.1) is 12.1 Å². The standard InChI is InChI=1S/C13H17F2NO3/c1-12(2,3)19-11(17)9-4-6-10(7-5-9)18-13(14,15)8-16/h4-7H,8,16H2,1-3H3. The molecule has 0 amide bonds. The number of hydrogen-bond donors (Lipinski definition) is 1. The van der Waals surface area contributed by atoms with Crippen LogP contribution in [0.25, 0.3) is 0 Å². The summed E-state index contributed by atoms with van der Waals surface area (Å²) in [7, 11) is 0. The van der Waals surface area contributed by atoms with Gasteiger partial charge in [-0.05, 0) is 45.0 Å². The van der Waals surface area contributed by atoms with Gasteiger partial charge in [-0.15, -0.1) is 0 Å². The normalized spacial score (nSPS) is 12.1. The molecule has 0 aromatic heterocycles. The highest BCUT2D eigenvalue weighted by atomic mass is 19.3. The lowest BCUT2D eigenvalue weighted by Gasteiger charge is -2.19. The van der Waals surface area contributed by atoms with Crippen molar-refractivity contribution in [3.05, 3.63) is 29.8 Å². The van der Waals surface area contributed by atoms with Crippen molar-refractivity contribution in [2.75, 3.05) is 6.54 Å². The minimum absolute atomic E-state index is 0.0669. The molecular formula is C13H17F2NO3. The Hall–Kier alpha value is -1.69. The molecular weight excluding hydrogens is 256 g/mol. The summed E-state index contributed by atoms with van der Waals surface area (Å²) in [5.41, 5.74) is 4.50. The van der Waals surface area contributed by atoms with Crippen LogP contribution in [0.5, 0.6) is 5.75 Å². The fraction of sp³-hybridized carbons (Fsp3) is 0.462. The molecule has 1 rings (SSSR count). The lowest BCUT2D eigenvalue weighted by atomic mass is 10.1. The van der Waals surface area contributed by atoms with Gasteiger partial charge in [0.2, 0.25) is 0 Å². The van der Waals surface area contributed by atoms with E-state index >= 15 is 0 Å². The van der Waals surface area contributed by atoms with Crippen LogP contribution >= 0.6 is 0 Å². The summed E-state index contributed by atoms with van der Waals surface area (Å²) in [5.74, 6) is -0.590. The first-order valence-electron chi connectivity index (χ1n) is 5.73. The molecule has 0 heterocycles. The fourth-order valence-electron chi connectivity index (χ4n) is 1.21. The van der Waals surface area contributed by atoms with Crippen molar-refractivity contribution in [3.8, 4) is 5.75 Å². The first kappa shape index (κ1) is 15.4. The highest BCUT2D eigenvalue weighted by Gasteiger charge is 2.29. The van der Waals surface area contributed by atoms with E-state index in [2.05, 4.69) is 4.74 Å². The molecule has 0 unspecified atom stereocenters. The van der Waals surface area contributed by atoms with Crippen LogP contribution in [0.3, 0.4) is 0 Å². The van der Waals surface area contributed by atoms with E-state index in [1.54, 1.807) is 20.8 Å². The Morgan fingerprint density at radius 2 is 1.74 bits per heavy atom. The van der Waals surface area contributed by atoms with Gasteiger partial charge < -0.3 is 15.2 Å². The van der Waals surface area contributed by atoms with Crippen molar-refractivity contribution < 1.29 is 23.0 Å². The Balaban J connectivity index is 2.74. The number of carbonyl (C=O) groups is 1. The van der Waals surface area contributed by atoms with E-state index in [4.69, 9.17) is 10.5 Å². The smallest absolute Gasteiger partial charge is 0.410 e. The zero-order chi connectivity index (χ0) is 14.7. The van der Waals surface area contributed by atoms with E-state index in [0.29, 0.717) is 0 Å². The Morgan fingerprint density at radius 3 is 2.16 bits per heavy atom. The van der Waals surface area contributed by atoms with Crippen LogP contribution in [-0.2, 0) is 4.74 Å². The molecule has 0 aliphatic carbocycles. The Labute approximate surface area is 110 Å². The monoisotopic (exact) mass is 273 g/mol. The lowest BCUT2D eigenvalue weighted by Crippen LogP contribution is -2.34. The Kier molecular flexibility index (Phi) is 4.47. The van der Waals surface area contributed by atoms with Gasteiger partial charge in [-0.3, -0.25) is 0 Å². The van der Waals surface area contributed by atoms with E-state index in [9.17, 15) is 13.6 Å². The summed E-state index contributed by atoms with van der Waals surface area (Å²) in [4.78, 5) is 11.7. The van der Waals surface area contributed by atoms with Gasteiger partial charge in [0.25, 0.3) is 0 Å². The van der Waals surface area contributed by atoms with Crippen LogP contribution in [0.4, 0.5) is 8.78 Å². The number of alkyl halides is 2. The number of benzene rings is 1. The number of hydrogen-bond acceptors (Lipinski definition) is 4. The van der Waals surface area contributed by atoms with Gasteiger partial charge in [0, 0.05) is 0 Å². The van der Waals surface area contributed by atoms with E-state index in [-0.39, 0.29) is 11.3 Å². The predicted molar refractivity (Wildman–Crippen MR) is 66.2 cm³/mol. The number of halogens is 2. The molecule has 0 fully saturated rings. The first-order chi connectivity index (χ1) is 8.63. The van der Waals surface area contributed by atoms with Crippen LogP contribution in [-0.4, -0.2) is 24.2 Å². The van der Waals surface area contributed by atoms with Crippen LogP contribution in [0.15, 0.2) is 24.3 Å². The predicted octanol–water partition coefficient (Wildman–Crippen LogP) is 2.57. The quantitative estimate of drug-likeness (QED) is 0.856. The average molecular weight is 273 g/mol. The molecule has 0 aliphatic rings. The topological polar surface area (TPSA) is 61.5 Å². The highest BCUT2D eigenvalue weighted by molar-refractivity contribution is 5.89. The second-order valence-electron chi connectivity index (χ2n) is 4.97. The third-order valence-electron chi connectivity index (χ3n) is 1.99. The zero-order valence-corrected chi connectivity index (χ0v) is 11.1. The number of nitrogens with two attached hydrogens (primary N) is 1. The van der Waals surface area contributed by atoms with Gasteiger partial charge in [-0.1, -0.05) is 0 Å². The maximum absolute atomic E-state index is 12.9. The second-order valence-corrected chi connectivity index (χ2v) is 4.97. The van der Waals surface area contributed by atoms with Gasteiger partial charge in [-0.25, -0.2) is 4.79 Å². The molecule has 0 atom stereocenters. The van der Waals surface area contributed by atoms with Gasteiger partial charge in [0.1, 0.15) is 11.4 Å². The van der Waals surface area contributed by atoms with Crippen molar-refractivity contribution in [2.45, 2.75) is 32.5 Å². The second kappa shape index (κ2) is 5.52. The molecule has 4 nitrogen and oxygen atoms in total. The van der Waals surface area contributed by atoms with Crippen molar-refractivity contribution in [1.82, 2.24) is 0 Å². The number of carbonyl (C=O) groups excluding carboxylic acids is 1. The van der Waals surface area contributed by atoms with Crippen LogP contribution in [0.1, 0.15) is 31.1 Å². The van der Waals surface area contributed by atoms with Gasteiger partial charge in [-0.2, -0.15) is 8.78 Å². The van der Waals surface area contributed by atoms with Gasteiger partial charge in [0.15, 0.2) is 0 Å². The fourth-order valence-corrected chi connectivity index (χ4v) is 1.21. The summed E-state index contributed by atoms with van der Waals surface area (Å²) in [6, 6.07) is 5.25. The molecule has 1 aromatic carbocycles. The third kappa shape index (κ3) is 5.21. The molecule has 106 valence electrons. The number of ether oxygens (including phenoxy) is 2. The summed E-state index contributed by atoms with van der Waals surface area (Å²) < 4.78 is 35.3. The maximum Gasteiger partial charge on any atom is 0.410 e. The third-order valence-corrected chi connectivity index (χ3v) is 1.99. The minimum Gasteiger partial charge on any atom is -0.456 e. The highest BCUT2D eigenvalue weighted by Crippen LogP contribution is 2.21. The summed E-state index contributed by atoms with van der Waals surface area (Å²) >= 11 is 0. The van der Waals surface area contributed by atoms with Crippen molar-refractivity contribution in [2.24, 2.45) is 5.73 Å². The van der Waals surface area contributed by atoms with Crippen LogP contribution < -0.4 is 10.5 Å². The molecule has 0 aliphatic heterocycles. The first-order valence-corrected chi connectivity index (χ1v) is 5.73. The van der Waals surface area contributed by atoms with E-state index in [0.717, 1.165) is 0 Å². The summed E-state index contributed by atoms with van der Waals surface area (Å²) in [6.45, 7) is 4.30. The molecule has 2 N–H and O–H groups in total. The lowest BCUT2D eigenvalue weighted by molar-refractivity contribution is -0.166. The van der Waals surface area contributed by atoms with Crippen molar-refractivity contribution in [1.29, 1.82) is 0 Å². The Morgan fingerprint density at radius 1 is 1.21 bits per heavy atom. The van der Waals surface area contributed by atoms with Gasteiger partial charge >= 0.3 is 12.1 Å². The molecule has 0 radical (unpaired) electrons. The maximum atomic E-state index is 12.9. The van der Waals surface area contributed by atoms with Crippen LogP contribution in [0, 0.1) is 0 Å². The molecule has 0 saturated carbocycles. The minimum atomic E-state index is -3.42. The molecule has 0 saturated heterocycles.